The minimum Gasteiger partial charge on any atom is -0.399 e. The zero-order valence-corrected chi connectivity index (χ0v) is 22.9. The van der Waals surface area contributed by atoms with E-state index in [0.717, 1.165) is 43.8 Å². The van der Waals surface area contributed by atoms with E-state index < -0.39 is 0 Å². The summed E-state index contributed by atoms with van der Waals surface area (Å²) in [5.41, 5.74) is 32.5. The smallest absolute Gasteiger partial charge is 0.164 e. The van der Waals surface area contributed by atoms with Crippen LogP contribution in [0.15, 0.2) is 72.8 Å². The van der Waals surface area contributed by atoms with Gasteiger partial charge in [0.05, 0.1) is 0 Å². The first-order chi connectivity index (χ1) is 21.4. The SMILES string of the molecule is Nc1ccc2c(c1)-c1nc-2nc2[nH]c(nc3nc(nc4[nH]c(n1)c1ccc(N)cc41)-c1cc(N)ccc1-3)c1ccc(N)cc21. The Morgan fingerprint density at radius 2 is 0.682 bits per heavy atom. The van der Waals surface area contributed by atoms with Crippen molar-refractivity contribution in [1.82, 2.24) is 39.9 Å². The highest BCUT2D eigenvalue weighted by molar-refractivity contribution is 6.07. The highest BCUT2D eigenvalue weighted by atomic mass is 15.1. The van der Waals surface area contributed by atoms with Crippen LogP contribution in [0.2, 0.25) is 0 Å². The third kappa shape index (κ3) is 3.51. The molecule has 5 heterocycles. The molecule has 0 aliphatic carbocycles. The van der Waals surface area contributed by atoms with Gasteiger partial charge in [0.2, 0.25) is 0 Å². The molecule has 9 rings (SSSR count). The zero-order valence-electron chi connectivity index (χ0n) is 22.9. The van der Waals surface area contributed by atoms with E-state index in [1.54, 1.807) is 0 Å². The molecule has 7 aromatic rings. The molecule has 3 aromatic heterocycles. The second kappa shape index (κ2) is 8.49. The predicted molar refractivity (Wildman–Crippen MR) is 174 cm³/mol. The van der Waals surface area contributed by atoms with Crippen LogP contribution in [0.5, 0.6) is 0 Å². The van der Waals surface area contributed by atoms with Gasteiger partial charge in [0.15, 0.2) is 23.3 Å². The molecule has 210 valence electrons. The normalized spacial score (nSPS) is 12.0. The van der Waals surface area contributed by atoms with Crippen molar-refractivity contribution in [3.8, 4) is 45.6 Å². The van der Waals surface area contributed by atoms with E-state index in [1.165, 1.54) is 0 Å². The van der Waals surface area contributed by atoms with Crippen LogP contribution in [-0.2, 0) is 0 Å². The number of hydrogen-bond acceptors (Lipinski definition) is 10. The van der Waals surface area contributed by atoms with E-state index in [0.29, 0.717) is 68.6 Å². The van der Waals surface area contributed by atoms with Gasteiger partial charge in [-0.15, -0.1) is 0 Å². The lowest BCUT2D eigenvalue weighted by Crippen LogP contribution is -1.88. The highest BCUT2D eigenvalue weighted by Crippen LogP contribution is 2.38. The van der Waals surface area contributed by atoms with Gasteiger partial charge in [-0.2, -0.15) is 0 Å². The van der Waals surface area contributed by atoms with Crippen LogP contribution in [0.3, 0.4) is 0 Å². The summed E-state index contributed by atoms with van der Waals surface area (Å²) < 4.78 is 0. The second-order valence-electron chi connectivity index (χ2n) is 10.8. The molecule has 0 amide bonds. The lowest BCUT2D eigenvalue weighted by atomic mass is 10.1. The number of rotatable bonds is 0. The molecule has 12 heteroatoms. The van der Waals surface area contributed by atoms with E-state index in [1.807, 2.05) is 72.8 Å². The Hall–Kier alpha value is -6.56. The van der Waals surface area contributed by atoms with E-state index in [-0.39, 0.29) is 0 Å². The summed E-state index contributed by atoms with van der Waals surface area (Å²) in [6.07, 6.45) is 0. The van der Waals surface area contributed by atoms with Crippen molar-refractivity contribution >= 4 is 66.9 Å². The molecule has 8 bridgehead atoms. The summed E-state index contributed by atoms with van der Waals surface area (Å²) in [4.78, 5) is 36.4. The van der Waals surface area contributed by atoms with E-state index >= 15 is 0 Å². The molecule has 2 aliphatic heterocycles. The standard InChI is InChI=1S/C32H22N12/c33-13-1-5-17-21(9-13)29-38-25(17)37-26-18-6-2-15(35)11-23(18)31(39-26)44-32-24-12-16(36)4-8-20(24)28(43-32)42-30-22-10-14(34)3-7-19(22)27(40-29)41-30/h1-12H,33-36H2,(H2,37,38,39,40,41,42,43,44). The molecule has 12 nitrogen and oxygen atoms in total. The topological polar surface area (TPSA) is 213 Å². The molecular weight excluding hydrogens is 552 g/mol. The van der Waals surface area contributed by atoms with Crippen molar-refractivity contribution in [3.05, 3.63) is 72.8 Å². The molecule has 0 atom stereocenters. The third-order valence-electron chi connectivity index (χ3n) is 7.93. The van der Waals surface area contributed by atoms with Crippen LogP contribution in [0.25, 0.3) is 89.7 Å². The number of H-pyrrole nitrogens is 2. The van der Waals surface area contributed by atoms with Crippen molar-refractivity contribution in [2.75, 3.05) is 22.9 Å². The summed E-state index contributed by atoms with van der Waals surface area (Å²) >= 11 is 0. The van der Waals surface area contributed by atoms with Crippen molar-refractivity contribution < 1.29 is 0 Å². The first-order valence-corrected chi connectivity index (χ1v) is 13.8. The summed E-state index contributed by atoms with van der Waals surface area (Å²) in [7, 11) is 0. The number of anilines is 4. The monoisotopic (exact) mass is 574 g/mol. The number of benzene rings is 4. The van der Waals surface area contributed by atoms with Crippen molar-refractivity contribution in [1.29, 1.82) is 0 Å². The van der Waals surface area contributed by atoms with Crippen LogP contribution in [-0.4, -0.2) is 39.9 Å². The van der Waals surface area contributed by atoms with Gasteiger partial charge in [0.25, 0.3) is 0 Å². The van der Waals surface area contributed by atoms with Crippen molar-refractivity contribution in [2.45, 2.75) is 0 Å². The van der Waals surface area contributed by atoms with Crippen molar-refractivity contribution in [3.63, 3.8) is 0 Å². The van der Waals surface area contributed by atoms with Crippen molar-refractivity contribution in [2.24, 2.45) is 0 Å². The average Bonchev–Trinajstić information content (AvgIpc) is 3.71. The van der Waals surface area contributed by atoms with E-state index in [2.05, 4.69) is 9.97 Å². The number of nitrogen functional groups attached to an aromatic ring is 4. The Bertz CT molecular complexity index is 2560. The fraction of sp³-hybridized carbons (Fsp3) is 0. The minimum absolute atomic E-state index is 0.451. The number of hydrogen-bond donors (Lipinski definition) is 6. The Kier molecular flexibility index (Phi) is 4.64. The fourth-order valence-electron chi connectivity index (χ4n) is 5.86. The Morgan fingerprint density at radius 3 is 1.11 bits per heavy atom. The van der Waals surface area contributed by atoms with E-state index in [9.17, 15) is 0 Å². The number of aromatic amines is 2. The van der Waals surface area contributed by atoms with Gasteiger partial charge < -0.3 is 32.9 Å². The summed E-state index contributed by atoms with van der Waals surface area (Å²) in [6, 6.07) is 22.3. The summed E-state index contributed by atoms with van der Waals surface area (Å²) in [6.45, 7) is 0. The molecule has 44 heavy (non-hydrogen) atoms. The summed E-state index contributed by atoms with van der Waals surface area (Å²) in [5.74, 6) is 1.86. The molecule has 2 aliphatic rings. The quantitative estimate of drug-likeness (QED) is 0.130. The Morgan fingerprint density at radius 1 is 0.341 bits per heavy atom. The maximum Gasteiger partial charge on any atom is 0.164 e. The van der Waals surface area contributed by atoms with Gasteiger partial charge in [-0.05, 0) is 72.8 Å². The number of nitrogens with zero attached hydrogens (tertiary/aromatic N) is 6. The predicted octanol–water partition coefficient (Wildman–Crippen LogP) is 5.20. The van der Waals surface area contributed by atoms with Crippen LogP contribution in [0.1, 0.15) is 0 Å². The molecule has 0 spiro atoms. The average molecular weight is 575 g/mol. The largest absolute Gasteiger partial charge is 0.399 e. The lowest BCUT2D eigenvalue weighted by Gasteiger charge is -1.99. The van der Waals surface area contributed by atoms with Crippen LogP contribution < -0.4 is 22.9 Å². The van der Waals surface area contributed by atoms with Gasteiger partial charge in [-0.25, -0.2) is 29.9 Å². The summed E-state index contributed by atoms with van der Waals surface area (Å²) in [5, 5.41) is 3.22. The minimum atomic E-state index is 0.451. The first-order valence-electron chi connectivity index (χ1n) is 13.8. The first kappa shape index (κ1) is 24.1. The van der Waals surface area contributed by atoms with Crippen LogP contribution in [0, 0.1) is 0 Å². The van der Waals surface area contributed by atoms with Gasteiger partial charge in [-0.3, -0.25) is 0 Å². The molecule has 0 saturated carbocycles. The Labute approximate surface area is 247 Å². The molecular formula is C32H22N12. The number of fused-ring (bicyclic) bond motifs is 20. The van der Waals surface area contributed by atoms with Gasteiger partial charge in [0, 0.05) is 66.5 Å². The maximum absolute atomic E-state index is 6.21. The fourth-order valence-corrected chi connectivity index (χ4v) is 5.86. The second-order valence-corrected chi connectivity index (χ2v) is 10.8. The molecule has 0 saturated heterocycles. The lowest BCUT2D eigenvalue weighted by molar-refractivity contribution is 1.19. The number of aromatic nitrogens is 8. The third-order valence-corrected chi connectivity index (χ3v) is 7.93. The maximum atomic E-state index is 6.21. The molecule has 0 unspecified atom stereocenters. The number of nitrogens with one attached hydrogen (secondary N) is 2. The Balaban J connectivity index is 1.51. The number of nitrogens with two attached hydrogens (primary N) is 4. The molecule has 0 radical (unpaired) electrons. The van der Waals surface area contributed by atoms with Gasteiger partial charge in [0.1, 0.15) is 22.6 Å². The van der Waals surface area contributed by atoms with Gasteiger partial charge >= 0.3 is 0 Å². The highest BCUT2D eigenvalue weighted by Gasteiger charge is 2.22. The molecule has 4 aromatic carbocycles. The van der Waals surface area contributed by atoms with Gasteiger partial charge in [-0.1, -0.05) is 0 Å². The molecule has 10 N–H and O–H groups in total. The van der Waals surface area contributed by atoms with Crippen LogP contribution in [0.4, 0.5) is 22.7 Å². The van der Waals surface area contributed by atoms with E-state index in [4.69, 9.17) is 52.8 Å². The molecule has 0 fully saturated rings. The van der Waals surface area contributed by atoms with Crippen LogP contribution >= 0.6 is 0 Å². The zero-order chi connectivity index (χ0) is 29.7.